The third kappa shape index (κ3) is 3.19. The molecule has 0 unspecified atom stereocenters. The van der Waals surface area contributed by atoms with Gasteiger partial charge in [-0.3, -0.25) is 9.69 Å². The van der Waals surface area contributed by atoms with Gasteiger partial charge in [0.25, 0.3) is 5.56 Å². The molecule has 3 heterocycles. The van der Waals surface area contributed by atoms with Gasteiger partial charge in [-0.15, -0.1) is 0 Å². The molecule has 1 aromatic carbocycles. The van der Waals surface area contributed by atoms with Gasteiger partial charge in [0.15, 0.2) is 6.29 Å². The van der Waals surface area contributed by atoms with Crippen LogP contribution in [0.25, 0.3) is 22.2 Å². The van der Waals surface area contributed by atoms with Crippen molar-refractivity contribution in [2.75, 3.05) is 13.1 Å². The lowest BCUT2D eigenvalue weighted by atomic mass is 9.93. The van der Waals surface area contributed by atoms with E-state index in [1.165, 1.54) is 29.5 Å². The fourth-order valence-corrected chi connectivity index (χ4v) is 5.41. The van der Waals surface area contributed by atoms with Gasteiger partial charge in [0.2, 0.25) is 0 Å². The molecule has 7 heteroatoms. The maximum atomic E-state index is 12.6. The molecule has 2 aromatic heterocycles. The summed E-state index contributed by atoms with van der Waals surface area (Å²) in [6.07, 6.45) is 2.10. The highest BCUT2D eigenvalue weighted by Gasteiger charge is 2.29. The Balaban J connectivity index is 1.70. The summed E-state index contributed by atoms with van der Waals surface area (Å²) in [4.78, 5) is 17.9. The van der Waals surface area contributed by atoms with Crippen LogP contribution in [-0.4, -0.2) is 42.9 Å². The van der Waals surface area contributed by atoms with Gasteiger partial charge in [0, 0.05) is 41.3 Å². The number of benzene rings is 1. The zero-order valence-corrected chi connectivity index (χ0v) is 18.0. The molecule has 1 atom stereocenters. The van der Waals surface area contributed by atoms with Gasteiger partial charge >= 0.3 is 0 Å². The number of likely N-dealkylation sites (tertiary alicyclic amines) is 1. The van der Waals surface area contributed by atoms with Crippen LogP contribution in [0.3, 0.4) is 0 Å². The number of aliphatic hydroxyl groups excluding tert-OH is 1. The zero-order valence-electron chi connectivity index (χ0n) is 18.0. The summed E-state index contributed by atoms with van der Waals surface area (Å²) < 4.78 is 2.26. The van der Waals surface area contributed by atoms with Gasteiger partial charge in [-0.05, 0) is 62.4 Å². The van der Waals surface area contributed by atoms with Crippen LogP contribution in [0, 0.1) is 0 Å². The SMILES string of the molecule is C[C@@H]1CCc2c(ccc3c2cc(CN2CCCC2)n3C)-c2[nH]c(=O)c(C(O)O)c(O)c21. The molecule has 1 aliphatic carbocycles. The van der Waals surface area contributed by atoms with E-state index in [1.807, 2.05) is 13.0 Å². The number of fused-ring (bicyclic) bond motifs is 5. The van der Waals surface area contributed by atoms with E-state index in [1.54, 1.807) is 0 Å². The van der Waals surface area contributed by atoms with Crippen LogP contribution in [0.1, 0.15) is 60.8 Å². The minimum atomic E-state index is -2.02. The van der Waals surface area contributed by atoms with Crippen molar-refractivity contribution in [2.24, 2.45) is 7.05 Å². The summed E-state index contributed by atoms with van der Waals surface area (Å²) >= 11 is 0. The number of hydrogen-bond donors (Lipinski definition) is 4. The molecule has 31 heavy (non-hydrogen) atoms. The zero-order chi connectivity index (χ0) is 21.9. The number of pyridine rings is 1. The number of aryl methyl sites for hydroxylation is 2. The van der Waals surface area contributed by atoms with Gasteiger partial charge in [0.1, 0.15) is 11.3 Å². The Morgan fingerprint density at radius 2 is 1.97 bits per heavy atom. The van der Waals surface area contributed by atoms with Crippen LogP contribution < -0.4 is 5.56 Å². The molecule has 1 fully saturated rings. The molecule has 0 spiro atoms. The maximum Gasteiger partial charge on any atom is 0.260 e. The largest absolute Gasteiger partial charge is 0.507 e. The third-order valence-corrected chi connectivity index (χ3v) is 7.13. The number of nitrogens with zero attached hydrogens (tertiary/aromatic N) is 2. The van der Waals surface area contributed by atoms with Crippen molar-refractivity contribution in [3.63, 3.8) is 0 Å². The van der Waals surface area contributed by atoms with Crippen molar-refractivity contribution in [3.8, 4) is 17.0 Å². The highest BCUT2D eigenvalue weighted by molar-refractivity contribution is 5.92. The first-order chi connectivity index (χ1) is 14.9. The smallest absolute Gasteiger partial charge is 0.260 e. The molecule has 0 radical (unpaired) electrons. The van der Waals surface area contributed by atoms with Crippen LogP contribution >= 0.6 is 0 Å². The lowest BCUT2D eigenvalue weighted by Crippen LogP contribution is -2.19. The highest BCUT2D eigenvalue weighted by atomic mass is 16.5. The Bertz CT molecular complexity index is 1220. The summed E-state index contributed by atoms with van der Waals surface area (Å²) in [5.41, 5.74) is 4.61. The molecule has 0 bridgehead atoms. The average molecular weight is 424 g/mol. The minimum Gasteiger partial charge on any atom is -0.507 e. The van der Waals surface area contributed by atoms with Gasteiger partial charge < -0.3 is 24.9 Å². The Labute approximate surface area is 180 Å². The molecular weight excluding hydrogens is 394 g/mol. The monoisotopic (exact) mass is 423 g/mol. The van der Waals surface area contributed by atoms with Crippen molar-refractivity contribution >= 4 is 10.9 Å². The standard InChI is InChI=1S/C24H29N3O4/c1-13-5-6-15-16(21-19(13)22(28)20(24(30)31)23(29)25-21)7-8-18-17(15)11-14(26(18)2)12-27-9-3-4-10-27/h7-8,11,13,24,30-31H,3-6,9-10,12H2,1-2H3,(H2,25,28,29)/t13-/m1/s1. The fourth-order valence-electron chi connectivity index (χ4n) is 5.41. The second-order valence-corrected chi connectivity index (χ2v) is 9.02. The fraction of sp³-hybridized carbons (Fsp3) is 0.458. The molecule has 0 amide bonds. The summed E-state index contributed by atoms with van der Waals surface area (Å²) in [5.74, 6) is -0.350. The van der Waals surface area contributed by atoms with Gasteiger partial charge in [-0.2, -0.15) is 0 Å². The van der Waals surface area contributed by atoms with Crippen molar-refractivity contribution in [2.45, 2.75) is 51.4 Å². The molecule has 3 aromatic rings. The number of nitrogens with one attached hydrogen (secondary N) is 1. The van der Waals surface area contributed by atoms with Crippen LogP contribution in [0.5, 0.6) is 5.75 Å². The van der Waals surface area contributed by atoms with E-state index in [0.717, 1.165) is 43.6 Å². The Hall–Kier alpha value is -2.61. The maximum absolute atomic E-state index is 12.6. The predicted molar refractivity (Wildman–Crippen MR) is 119 cm³/mol. The Morgan fingerprint density at radius 1 is 1.23 bits per heavy atom. The number of H-pyrrole nitrogens is 1. The van der Waals surface area contributed by atoms with Gasteiger partial charge in [0.05, 0.1) is 5.69 Å². The molecule has 0 saturated carbocycles. The lowest BCUT2D eigenvalue weighted by molar-refractivity contribution is -0.0450. The number of rotatable bonds is 3. The molecule has 1 saturated heterocycles. The average Bonchev–Trinajstić information content (AvgIpc) is 3.30. The van der Waals surface area contributed by atoms with E-state index < -0.39 is 11.8 Å². The van der Waals surface area contributed by atoms with Crippen molar-refractivity contribution in [1.82, 2.24) is 14.5 Å². The second-order valence-electron chi connectivity index (χ2n) is 9.02. The van der Waals surface area contributed by atoms with E-state index in [4.69, 9.17) is 0 Å². The normalized spacial score (nSPS) is 19.1. The molecule has 1 aliphatic heterocycles. The van der Waals surface area contributed by atoms with E-state index in [2.05, 4.69) is 33.6 Å². The Kier molecular flexibility index (Phi) is 4.92. The molecular formula is C24H29N3O4. The lowest BCUT2D eigenvalue weighted by Gasteiger charge is -2.18. The van der Waals surface area contributed by atoms with Crippen LogP contribution in [0.15, 0.2) is 23.0 Å². The first-order valence-electron chi connectivity index (χ1n) is 11.0. The molecule has 5 rings (SSSR count). The molecule has 2 aliphatic rings. The van der Waals surface area contributed by atoms with Crippen LogP contribution in [0.4, 0.5) is 0 Å². The number of aromatic amines is 1. The molecule has 7 nitrogen and oxygen atoms in total. The third-order valence-electron chi connectivity index (χ3n) is 7.13. The van der Waals surface area contributed by atoms with Gasteiger partial charge in [-0.25, -0.2) is 0 Å². The number of aliphatic hydroxyl groups is 2. The number of aromatic nitrogens is 2. The first kappa shape index (κ1) is 20.3. The number of aromatic hydroxyl groups is 1. The van der Waals surface area contributed by atoms with Crippen molar-refractivity contribution in [3.05, 3.63) is 50.9 Å². The molecule has 164 valence electrons. The summed E-state index contributed by atoms with van der Waals surface area (Å²) in [6, 6.07) is 6.36. The second kappa shape index (κ2) is 7.51. The summed E-state index contributed by atoms with van der Waals surface area (Å²) in [5, 5.41) is 31.2. The Morgan fingerprint density at radius 3 is 2.68 bits per heavy atom. The van der Waals surface area contributed by atoms with E-state index >= 15 is 0 Å². The topological polar surface area (TPSA) is 102 Å². The van der Waals surface area contributed by atoms with Crippen molar-refractivity contribution < 1.29 is 15.3 Å². The van der Waals surface area contributed by atoms with Gasteiger partial charge in [-0.1, -0.05) is 13.0 Å². The van der Waals surface area contributed by atoms with E-state index in [-0.39, 0.29) is 17.2 Å². The number of hydrogen-bond acceptors (Lipinski definition) is 5. The van der Waals surface area contributed by atoms with Crippen LogP contribution in [-0.2, 0) is 20.0 Å². The van der Waals surface area contributed by atoms with E-state index in [9.17, 15) is 20.1 Å². The predicted octanol–water partition coefficient (Wildman–Crippen LogP) is 2.87. The van der Waals surface area contributed by atoms with Crippen LogP contribution in [0.2, 0.25) is 0 Å². The quantitative estimate of drug-likeness (QED) is 0.485. The molecule has 4 N–H and O–H groups in total. The highest BCUT2D eigenvalue weighted by Crippen LogP contribution is 2.44. The first-order valence-corrected chi connectivity index (χ1v) is 11.0. The summed E-state index contributed by atoms with van der Waals surface area (Å²) in [6.45, 7) is 5.22. The van der Waals surface area contributed by atoms with E-state index in [0.29, 0.717) is 11.3 Å². The minimum absolute atomic E-state index is 0.0421. The summed E-state index contributed by atoms with van der Waals surface area (Å²) in [7, 11) is 2.11. The van der Waals surface area contributed by atoms with Crippen molar-refractivity contribution in [1.29, 1.82) is 0 Å².